The Morgan fingerprint density at radius 2 is 0.793 bits per heavy atom. The second-order valence-corrected chi connectivity index (χ2v) is 23.5. The van der Waals surface area contributed by atoms with E-state index in [1.54, 1.807) is 6.07 Å². The van der Waals surface area contributed by atoms with Gasteiger partial charge in [0.05, 0.1) is 50.4 Å². The van der Waals surface area contributed by atoms with E-state index in [-0.39, 0.29) is 5.58 Å². The summed E-state index contributed by atoms with van der Waals surface area (Å²) in [5.41, 5.74) is 18.5. The zero-order valence-corrected chi connectivity index (χ0v) is 47.5. The molecule has 0 saturated heterocycles. The fourth-order valence-corrected chi connectivity index (χ4v) is 15.2. The van der Waals surface area contributed by atoms with Crippen LogP contribution >= 0.6 is 0 Å². The minimum Gasteiger partial charge on any atom is -0.454 e. The standard InChI is InChI=1S/C79H50F3N3O2/c1-45-35-39-48(40-36-45)83(67-33-15-26-58-56-24-12-17-47(3)74(56)86-76(58)67)69-43-63-71(53-21-6-4-18-50(53)69)72-54-22-7-5-19-51(54)70(44-64(72)78(63)60-28-9-11-32-66(60)85-65-31-10-8-20-52(65)55-23-13-29-61(78)73(55)85)84(49-41-37-46(2)38-42-49)68-34-16-27-59-57-25-14-30-62(79(80,81)82)75(57)87-77(59)68/h4-44H,1-3H3. The number of anilines is 6. The number of para-hydroxylation sites is 7. The lowest BCUT2D eigenvalue weighted by atomic mass is 9.65. The van der Waals surface area contributed by atoms with Crippen molar-refractivity contribution in [1.29, 1.82) is 0 Å². The maximum absolute atomic E-state index is 15.0. The van der Waals surface area contributed by atoms with Gasteiger partial charge in [0.15, 0.2) is 11.2 Å². The average molecular weight is 1130 g/mol. The number of benzene rings is 13. The lowest BCUT2D eigenvalue weighted by molar-refractivity contribution is -0.136. The highest BCUT2D eigenvalue weighted by atomic mass is 19.4. The monoisotopic (exact) mass is 1130 g/mol. The summed E-state index contributed by atoms with van der Waals surface area (Å²) in [6.45, 7) is 6.30. The first-order valence-electron chi connectivity index (χ1n) is 29.5. The van der Waals surface area contributed by atoms with Crippen LogP contribution in [0.4, 0.5) is 47.3 Å². The van der Waals surface area contributed by atoms with Crippen molar-refractivity contribution in [2.24, 2.45) is 0 Å². The summed E-state index contributed by atoms with van der Waals surface area (Å²) in [4.78, 5) is 4.62. The second kappa shape index (κ2) is 17.9. The van der Waals surface area contributed by atoms with Crippen LogP contribution in [0.2, 0.25) is 0 Å². The molecule has 8 heteroatoms. The summed E-state index contributed by atoms with van der Waals surface area (Å²) >= 11 is 0. The van der Waals surface area contributed by atoms with Gasteiger partial charge in [-0.1, -0.05) is 193 Å². The number of alkyl halides is 3. The Labute approximate surface area is 497 Å². The molecule has 0 amide bonds. The fraction of sp³-hybridized carbons (Fsp3) is 0.0633. The van der Waals surface area contributed by atoms with Crippen molar-refractivity contribution in [3.8, 4) is 16.8 Å². The molecule has 3 aromatic heterocycles. The van der Waals surface area contributed by atoms with Crippen LogP contribution in [0.25, 0.3) is 104 Å². The molecule has 1 atom stereocenters. The van der Waals surface area contributed by atoms with E-state index in [0.29, 0.717) is 22.0 Å². The highest BCUT2D eigenvalue weighted by Gasteiger charge is 2.53. The van der Waals surface area contributed by atoms with Gasteiger partial charge in [-0.2, -0.15) is 13.2 Å². The molecule has 0 bridgehead atoms. The van der Waals surface area contributed by atoms with Crippen LogP contribution in [-0.2, 0) is 11.6 Å². The number of rotatable bonds is 6. The van der Waals surface area contributed by atoms with Gasteiger partial charge >= 0.3 is 6.18 Å². The highest BCUT2D eigenvalue weighted by Crippen LogP contribution is 2.66. The molecule has 5 nitrogen and oxygen atoms in total. The molecule has 414 valence electrons. The van der Waals surface area contributed by atoms with E-state index in [4.69, 9.17) is 8.83 Å². The largest absolute Gasteiger partial charge is 0.454 e. The maximum Gasteiger partial charge on any atom is 0.420 e. The quantitative estimate of drug-likeness (QED) is 0.166. The zero-order valence-electron chi connectivity index (χ0n) is 47.5. The molecule has 87 heavy (non-hydrogen) atoms. The Morgan fingerprint density at radius 3 is 1.38 bits per heavy atom. The summed E-state index contributed by atoms with van der Waals surface area (Å²) in [5.74, 6) is 0. The van der Waals surface area contributed by atoms with Crippen molar-refractivity contribution in [2.75, 3.05) is 9.80 Å². The molecule has 4 heterocycles. The van der Waals surface area contributed by atoms with Crippen LogP contribution in [0, 0.1) is 20.8 Å². The Balaban J connectivity index is 1.02. The number of furan rings is 2. The van der Waals surface area contributed by atoms with Crippen molar-refractivity contribution >= 4 is 121 Å². The Morgan fingerprint density at radius 1 is 0.356 bits per heavy atom. The van der Waals surface area contributed by atoms with Crippen LogP contribution in [0.15, 0.2) is 258 Å². The summed E-state index contributed by atoms with van der Waals surface area (Å²) in [6.07, 6.45) is -4.64. The fourth-order valence-electron chi connectivity index (χ4n) is 15.2. The Bertz CT molecular complexity index is 5630. The van der Waals surface area contributed by atoms with Crippen molar-refractivity contribution < 1.29 is 22.0 Å². The molecule has 16 aromatic rings. The summed E-state index contributed by atoms with van der Waals surface area (Å²) in [5, 5.41) is 9.54. The molecule has 13 aromatic carbocycles. The number of aryl methyl sites for hydroxylation is 3. The molecule has 0 radical (unpaired) electrons. The molecule has 1 aliphatic carbocycles. The number of hydrogen-bond acceptors (Lipinski definition) is 4. The van der Waals surface area contributed by atoms with Gasteiger partial charge in [-0.3, -0.25) is 0 Å². The van der Waals surface area contributed by atoms with Crippen LogP contribution in [0.3, 0.4) is 0 Å². The number of fused-ring (bicyclic) bond motifs is 22. The molecule has 2 aliphatic rings. The molecule has 1 aliphatic heterocycles. The van der Waals surface area contributed by atoms with E-state index in [2.05, 4.69) is 247 Å². The zero-order chi connectivity index (χ0) is 58.2. The normalized spacial score (nSPS) is 14.4. The lowest BCUT2D eigenvalue weighted by Gasteiger charge is -2.40. The second-order valence-electron chi connectivity index (χ2n) is 23.5. The van der Waals surface area contributed by atoms with Crippen molar-refractivity contribution in [3.63, 3.8) is 0 Å². The number of hydrogen-bond donors (Lipinski definition) is 0. The number of nitrogens with zero attached hydrogens (tertiary/aromatic N) is 3. The summed E-state index contributed by atoms with van der Waals surface area (Å²) < 4.78 is 61.2. The van der Waals surface area contributed by atoms with E-state index in [1.807, 2.05) is 18.2 Å². The Hall–Kier alpha value is -10.8. The van der Waals surface area contributed by atoms with Crippen molar-refractivity contribution in [3.05, 3.63) is 293 Å². The van der Waals surface area contributed by atoms with Crippen LogP contribution < -0.4 is 9.80 Å². The predicted octanol–water partition coefficient (Wildman–Crippen LogP) is 22.4. The molecule has 0 saturated carbocycles. The SMILES string of the molecule is Cc1ccc(N(c2cc3c(c4ccccc24)-c2c(cc(N(c4ccc(C)cc4)c4cccc5c4oc4c(C(F)(F)F)cccc45)c4ccccc24)C32c3ccccc3-n3c4ccccc4c4cccc2c43)c2cccc3c2oc2c(C)cccc23)cc1. The molecule has 0 N–H and O–H groups in total. The van der Waals surface area contributed by atoms with E-state index >= 15 is 0 Å². The third kappa shape index (κ3) is 6.70. The summed E-state index contributed by atoms with van der Waals surface area (Å²) in [7, 11) is 0. The first-order valence-corrected chi connectivity index (χ1v) is 29.5. The number of aromatic nitrogens is 1. The molecule has 18 rings (SSSR count). The maximum atomic E-state index is 15.0. The van der Waals surface area contributed by atoms with E-state index < -0.39 is 17.2 Å². The molecule has 1 unspecified atom stereocenters. The minimum absolute atomic E-state index is 0.194. The smallest absolute Gasteiger partial charge is 0.420 e. The van der Waals surface area contributed by atoms with Crippen molar-refractivity contribution in [2.45, 2.75) is 32.4 Å². The van der Waals surface area contributed by atoms with Gasteiger partial charge in [0, 0.05) is 54.5 Å². The summed E-state index contributed by atoms with van der Waals surface area (Å²) in [6, 6.07) is 87.0. The third-order valence-corrected chi connectivity index (χ3v) is 18.8. The first-order chi connectivity index (χ1) is 42.6. The molecular formula is C79H50F3N3O2. The van der Waals surface area contributed by atoms with Gasteiger partial charge in [-0.05, 0) is 137 Å². The van der Waals surface area contributed by atoms with Crippen LogP contribution in [0.1, 0.15) is 44.5 Å². The first kappa shape index (κ1) is 49.6. The van der Waals surface area contributed by atoms with Crippen molar-refractivity contribution in [1.82, 2.24) is 4.57 Å². The molecule has 1 spiro atoms. The lowest BCUT2D eigenvalue weighted by Crippen LogP contribution is -2.34. The van der Waals surface area contributed by atoms with E-state index in [1.165, 1.54) is 6.07 Å². The Kier molecular flexibility index (Phi) is 10.2. The van der Waals surface area contributed by atoms with Crippen LogP contribution in [0.5, 0.6) is 0 Å². The third-order valence-electron chi connectivity index (χ3n) is 18.8. The topological polar surface area (TPSA) is 37.7 Å². The number of halogens is 3. The van der Waals surface area contributed by atoms with Gasteiger partial charge < -0.3 is 23.2 Å². The van der Waals surface area contributed by atoms with E-state index in [9.17, 15) is 13.2 Å². The van der Waals surface area contributed by atoms with Crippen LogP contribution in [-0.4, -0.2) is 4.57 Å². The molecule has 0 fully saturated rings. The molecular weight excluding hydrogens is 1080 g/mol. The average Bonchev–Trinajstić information content (AvgIpc) is 1.52. The minimum atomic E-state index is -4.64. The highest BCUT2D eigenvalue weighted by molar-refractivity contribution is 6.22. The van der Waals surface area contributed by atoms with E-state index in [0.717, 1.165) is 156 Å². The van der Waals surface area contributed by atoms with Gasteiger partial charge in [-0.15, -0.1) is 0 Å². The van der Waals surface area contributed by atoms with Gasteiger partial charge in [0.2, 0.25) is 0 Å². The van der Waals surface area contributed by atoms with Gasteiger partial charge in [0.1, 0.15) is 11.2 Å². The van der Waals surface area contributed by atoms with Gasteiger partial charge in [-0.25, -0.2) is 0 Å². The van der Waals surface area contributed by atoms with Gasteiger partial charge in [0.25, 0.3) is 0 Å². The predicted molar refractivity (Wildman–Crippen MR) is 350 cm³/mol.